The van der Waals surface area contributed by atoms with Crippen LogP contribution in [-0.2, 0) is 4.79 Å². The molecular formula is C15H16FN3O2. The average molecular weight is 289 g/mol. The first-order valence-corrected chi connectivity index (χ1v) is 6.98. The number of benzene rings is 1. The molecule has 110 valence electrons. The number of carbonyl (C=O) groups is 1. The van der Waals surface area contributed by atoms with E-state index in [0.717, 1.165) is 32.1 Å². The van der Waals surface area contributed by atoms with Gasteiger partial charge in [0, 0.05) is 30.4 Å². The second kappa shape index (κ2) is 5.55. The number of aromatic nitrogens is 1. The lowest BCUT2D eigenvalue weighted by molar-refractivity contribution is -0.128. The van der Waals surface area contributed by atoms with E-state index in [-0.39, 0.29) is 28.8 Å². The minimum Gasteiger partial charge on any atom is -0.376 e. The Bertz CT molecular complexity index is 735. The molecule has 2 aromatic rings. The minimum atomic E-state index is -0.468. The first-order valence-electron chi connectivity index (χ1n) is 6.98. The van der Waals surface area contributed by atoms with E-state index in [2.05, 4.69) is 10.3 Å². The van der Waals surface area contributed by atoms with Crippen LogP contribution in [0.1, 0.15) is 12.8 Å². The summed E-state index contributed by atoms with van der Waals surface area (Å²) in [6, 6.07) is 4.78. The van der Waals surface area contributed by atoms with E-state index in [1.165, 1.54) is 0 Å². The number of amides is 1. The van der Waals surface area contributed by atoms with Gasteiger partial charge >= 0.3 is 0 Å². The number of halogens is 1. The van der Waals surface area contributed by atoms with Crippen molar-refractivity contribution in [3.8, 4) is 0 Å². The summed E-state index contributed by atoms with van der Waals surface area (Å²) in [5, 5.41) is 3.54. The molecule has 0 atom stereocenters. The summed E-state index contributed by atoms with van der Waals surface area (Å²) in [6.07, 6.45) is 3.15. The molecule has 1 saturated heterocycles. The van der Waals surface area contributed by atoms with Gasteiger partial charge in [-0.3, -0.25) is 9.59 Å². The maximum Gasteiger partial charge on any atom is 0.256 e. The highest BCUT2D eigenvalue weighted by Gasteiger charge is 2.17. The molecule has 0 radical (unpaired) electrons. The molecule has 0 bridgehead atoms. The first-order chi connectivity index (χ1) is 10.1. The number of nitrogens with one attached hydrogen (secondary N) is 2. The molecule has 1 aliphatic heterocycles. The van der Waals surface area contributed by atoms with Gasteiger partial charge in [-0.05, 0) is 31.0 Å². The Hall–Kier alpha value is -2.37. The SMILES string of the molecule is O=C(CNc1ccc2c(F)c[nH]c(=O)c2c1)N1CCCC1. The van der Waals surface area contributed by atoms with Gasteiger partial charge in [-0.2, -0.15) is 0 Å². The van der Waals surface area contributed by atoms with Crippen molar-refractivity contribution in [3.63, 3.8) is 0 Å². The van der Waals surface area contributed by atoms with Crippen LogP contribution in [0.2, 0.25) is 0 Å². The molecule has 0 spiro atoms. The highest BCUT2D eigenvalue weighted by molar-refractivity contribution is 5.86. The molecule has 1 fully saturated rings. The number of carbonyl (C=O) groups excluding carboxylic acids is 1. The second-order valence-corrected chi connectivity index (χ2v) is 5.17. The Morgan fingerprint density at radius 1 is 1.29 bits per heavy atom. The van der Waals surface area contributed by atoms with Gasteiger partial charge in [-0.1, -0.05) is 0 Å². The van der Waals surface area contributed by atoms with Gasteiger partial charge in [0.05, 0.1) is 11.9 Å². The van der Waals surface area contributed by atoms with E-state index in [1.807, 2.05) is 4.90 Å². The van der Waals surface area contributed by atoms with Gasteiger partial charge in [0.25, 0.3) is 5.56 Å². The Morgan fingerprint density at radius 3 is 2.81 bits per heavy atom. The Labute approximate surface area is 120 Å². The summed E-state index contributed by atoms with van der Waals surface area (Å²) in [6.45, 7) is 1.80. The van der Waals surface area contributed by atoms with E-state index >= 15 is 0 Å². The van der Waals surface area contributed by atoms with Crippen molar-refractivity contribution < 1.29 is 9.18 Å². The number of likely N-dealkylation sites (tertiary alicyclic amines) is 1. The Kier molecular flexibility index (Phi) is 3.60. The number of hydrogen-bond acceptors (Lipinski definition) is 3. The third kappa shape index (κ3) is 2.74. The van der Waals surface area contributed by atoms with Crippen molar-refractivity contribution in [1.29, 1.82) is 0 Å². The number of anilines is 1. The van der Waals surface area contributed by atoms with Crippen molar-refractivity contribution in [2.24, 2.45) is 0 Å². The van der Waals surface area contributed by atoms with Crippen molar-refractivity contribution in [1.82, 2.24) is 9.88 Å². The fraction of sp³-hybridized carbons (Fsp3) is 0.333. The number of H-pyrrole nitrogens is 1. The topological polar surface area (TPSA) is 65.2 Å². The summed E-state index contributed by atoms with van der Waals surface area (Å²) >= 11 is 0. The van der Waals surface area contributed by atoms with E-state index < -0.39 is 5.82 Å². The van der Waals surface area contributed by atoms with Crippen LogP contribution in [0.15, 0.2) is 29.2 Å². The molecule has 1 aromatic carbocycles. The standard InChI is InChI=1S/C15H16FN3O2/c16-13-8-18-15(21)12-7-10(3-4-11(12)13)17-9-14(20)19-5-1-2-6-19/h3-4,7-8,17H,1-2,5-6,9H2,(H,18,21). The van der Waals surface area contributed by atoms with Gasteiger partial charge in [0.2, 0.25) is 5.91 Å². The molecule has 21 heavy (non-hydrogen) atoms. The third-order valence-corrected chi connectivity index (χ3v) is 3.75. The zero-order valence-corrected chi connectivity index (χ0v) is 11.5. The number of pyridine rings is 1. The van der Waals surface area contributed by atoms with Crippen molar-refractivity contribution in [2.45, 2.75) is 12.8 Å². The van der Waals surface area contributed by atoms with E-state index in [1.54, 1.807) is 18.2 Å². The minimum absolute atomic E-state index is 0.0424. The lowest BCUT2D eigenvalue weighted by Gasteiger charge is -2.16. The smallest absolute Gasteiger partial charge is 0.256 e. The summed E-state index contributed by atoms with van der Waals surface area (Å²) in [5.74, 6) is -0.426. The van der Waals surface area contributed by atoms with Gasteiger partial charge in [0.15, 0.2) is 0 Å². The van der Waals surface area contributed by atoms with Crippen LogP contribution in [0.5, 0.6) is 0 Å². The normalized spacial score (nSPS) is 14.6. The highest BCUT2D eigenvalue weighted by Crippen LogP contribution is 2.18. The zero-order chi connectivity index (χ0) is 14.8. The van der Waals surface area contributed by atoms with Gasteiger partial charge in [-0.15, -0.1) is 0 Å². The molecule has 1 aliphatic rings. The molecule has 1 amide bonds. The number of rotatable bonds is 3. The molecule has 1 aromatic heterocycles. The van der Waals surface area contributed by atoms with E-state index in [0.29, 0.717) is 5.69 Å². The fourth-order valence-electron chi connectivity index (χ4n) is 2.59. The van der Waals surface area contributed by atoms with Crippen LogP contribution in [0.25, 0.3) is 10.8 Å². The highest BCUT2D eigenvalue weighted by atomic mass is 19.1. The second-order valence-electron chi connectivity index (χ2n) is 5.17. The fourth-order valence-corrected chi connectivity index (χ4v) is 2.59. The summed E-state index contributed by atoms with van der Waals surface area (Å²) in [4.78, 5) is 27.8. The number of aromatic amines is 1. The predicted octanol–water partition coefficient (Wildman–Crippen LogP) is 1.70. The Morgan fingerprint density at radius 2 is 2.05 bits per heavy atom. The summed E-state index contributed by atoms with van der Waals surface area (Å²) in [7, 11) is 0. The average Bonchev–Trinajstić information content (AvgIpc) is 3.03. The van der Waals surface area contributed by atoms with Crippen molar-refractivity contribution >= 4 is 22.4 Å². The molecule has 6 heteroatoms. The van der Waals surface area contributed by atoms with Crippen LogP contribution in [0, 0.1) is 5.82 Å². The lowest BCUT2D eigenvalue weighted by atomic mass is 10.1. The molecule has 3 rings (SSSR count). The maximum atomic E-state index is 13.6. The van der Waals surface area contributed by atoms with Crippen LogP contribution in [0.3, 0.4) is 0 Å². The van der Waals surface area contributed by atoms with Crippen LogP contribution in [0.4, 0.5) is 10.1 Å². The van der Waals surface area contributed by atoms with Crippen LogP contribution in [-0.4, -0.2) is 35.4 Å². The lowest BCUT2D eigenvalue weighted by Crippen LogP contribution is -2.32. The zero-order valence-electron chi connectivity index (χ0n) is 11.5. The van der Waals surface area contributed by atoms with E-state index in [4.69, 9.17) is 0 Å². The molecule has 0 aliphatic carbocycles. The molecule has 2 heterocycles. The number of fused-ring (bicyclic) bond motifs is 1. The number of hydrogen-bond donors (Lipinski definition) is 2. The quantitative estimate of drug-likeness (QED) is 0.904. The molecule has 0 unspecified atom stereocenters. The molecule has 0 saturated carbocycles. The molecule has 2 N–H and O–H groups in total. The summed E-state index contributed by atoms with van der Waals surface area (Å²) < 4.78 is 13.6. The van der Waals surface area contributed by atoms with Gasteiger partial charge in [-0.25, -0.2) is 4.39 Å². The number of nitrogens with zero attached hydrogens (tertiary/aromatic N) is 1. The van der Waals surface area contributed by atoms with Crippen molar-refractivity contribution in [3.05, 3.63) is 40.6 Å². The molecular weight excluding hydrogens is 273 g/mol. The summed E-state index contributed by atoms with van der Waals surface area (Å²) in [5.41, 5.74) is 0.284. The molecule has 5 nitrogen and oxygen atoms in total. The van der Waals surface area contributed by atoms with Gasteiger partial charge < -0.3 is 15.2 Å². The van der Waals surface area contributed by atoms with Gasteiger partial charge in [0.1, 0.15) is 5.82 Å². The largest absolute Gasteiger partial charge is 0.376 e. The third-order valence-electron chi connectivity index (χ3n) is 3.75. The first kappa shape index (κ1) is 13.6. The van der Waals surface area contributed by atoms with Crippen LogP contribution >= 0.6 is 0 Å². The van der Waals surface area contributed by atoms with Crippen molar-refractivity contribution in [2.75, 3.05) is 25.0 Å². The predicted molar refractivity (Wildman–Crippen MR) is 78.8 cm³/mol. The van der Waals surface area contributed by atoms with E-state index in [9.17, 15) is 14.0 Å². The Balaban J connectivity index is 1.77. The van der Waals surface area contributed by atoms with Crippen LogP contribution < -0.4 is 10.9 Å². The maximum absolute atomic E-state index is 13.6. The monoisotopic (exact) mass is 289 g/mol.